The highest BCUT2D eigenvalue weighted by molar-refractivity contribution is 6.00. The Hall–Kier alpha value is -1.15. The Morgan fingerprint density at radius 1 is 1.44 bits per heavy atom. The number of ketones is 1. The highest BCUT2D eigenvalue weighted by atomic mass is 16.3. The molecule has 0 bridgehead atoms. The third-order valence-electron chi connectivity index (χ3n) is 3.41. The van der Waals surface area contributed by atoms with Crippen LogP contribution in [0.5, 0.6) is 0 Å². The fourth-order valence-corrected chi connectivity index (χ4v) is 2.44. The molecule has 0 amide bonds. The number of Topliss-reactive ketones (excluding diaryl/α,β-unsaturated/α-hetero) is 1. The highest BCUT2D eigenvalue weighted by Crippen LogP contribution is 2.29. The molecule has 1 aliphatic rings. The van der Waals surface area contributed by atoms with Crippen LogP contribution in [0.3, 0.4) is 0 Å². The predicted octanol–water partition coefficient (Wildman–Crippen LogP) is 2.45. The number of aliphatic hydroxyl groups is 1. The third kappa shape index (κ3) is 2.17. The molecule has 1 aromatic carbocycles. The molecule has 2 nitrogen and oxygen atoms in total. The average molecular weight is 218 g/mol. The van der Waals surface area contributed by atoms with Gasteiger partial charge in [0.25, 0.3) is 0 Å². The summed E-state index contributed by atoms with van der Waals surface area (Å²) in [5.41, 5.74) is 2.07. The van der Waals surface area contributed by atoms with E-state index in [1.165, 1.54) is 5.56 Å². The number of hydrogen-bond acceptors (Lipinski definition) is 2. The molecule has 0 spiro atoms. The van der Waals surface area contributed by atoms with Crippen molar-refractivity contribution in [3.05, 3.63) is 35.4 Å². The minimum absolute atomic E-state index is 0.108. The van der Waals surface area contributed by atoms with Gasteiger partial charge in [0.05, 0.1) is 0 Å². The standard InChI is InChI=1S/C14H18O2/c1-10(9-15)8-12-7-6-11-4-2-3-5-13(11)14(12)16/h2-5,10,12,15H,6-9H2,1H3. The van der Waals surface area contributed by atoms with Crippen molar-refractivity contribution in [1.82, 2.24) is 0 Å². The lowest BCUT2D eigenvalue weighted by Gasteiger charge is -2.24. The molecule has 0 saturated heterocycles. The summed E-state index contributed by atoms with van der Waals surface area (Å²) in [6, 6.07) is 7.88. The molecule has 0 fully saturated rings. The number of rotatable bonds is 3. The second kappa shape index (κ2) is 4.79. The number of carbonyl (C=O) groups is 1. The Morgan fingerprint density at radius 2 is 2.19 bits per heavy atom. The van der Waals surface area contributed by atoms with Crippen LogP contribution in [0.4, 0.5) is 0 Å². The first-order valence-electron chi connectivity index (χ1n) is 5.95. The van der Waals surface area contributed by atoms with E-state index in [2.05, 4.69) is 0 Å². The van der Waals surface area contributed by atoms with E-state index >= 15 is 0 Å². The van der Waals surface area contributed by atoms with E-state index in [1.54, 1.807) is 0 Å². The zero-order chi connectivity index (χ0) is 11.5. The highest BCUT2D eigenvalue weighted by Gasteiger charge is 2.27. The quantitative estimate of drug-likeness (QED) is 0.846. The lowest BCUT2D eigenvalue weighted by Crippen LogP contribution is -2.25. The molecule has 1 aliphatic carbocycles. The number of fused-ring (bicyclic) bond motifs is 1. The topological polar surface area (TPSA) is 37.3 Å². The van der Waals surface area contributed by atoms with Crippen LogP contribution in [0.15, 0.2) is 24.3 Å². The van der Waals surface area contributed by atoms with Gasteiger partial charge in [0, 0.05) is 18.1 Å². The molecule has 2 rings (SSSR count). The summed E-state index contributed by atoms with van der Waals surface area (Å²) in [7, 11) is 0. The summed E-state index contributed by atoms with van der Waals surface area (Å²) in [4.78, 5) is 12.2. The van der Waals surface area contributed by atoms with Gasteiger partial charge in [-0.15, -0.1) is 0 Å². The maximum atomic E-state index is 12.2. The Balaban J connectivity index is 2.15. The molecule has 1 aromatic rings. The summed E-state index contributed by atoms with van der Waals surface area (Å²) in [5, 5.41) is 9.04. The molecule has 0 radical (unpaired) electrons. The third-order valence-corrected chi connectivity index (χ3v) is 3.41. The summed E-state index contributed by atoms with van der Waals surface area (Å²) in [6.45, 7) is 2.17. The summed E-state index contributed by atoms with van der Waals surface area (Å²) in [6.07, 6.45) is 2.73. The molecule has 2 unspecified atom stereocenters. The van der Waals surface area contributed by atoms with Crippen molar-refractivity contribution in [3.63, 3.8) is 0 Å². The number of aliphatic hydroxyl groups excluding tert-OH is 1. The van der Waals surface area contributed by atoms with Crippen LogP contribution in [0.25, 0.3) is 0 Å². The van der Waals surface area contributed by atoms with Crippen LogP contribution in [-0.2, 0) is 6.42 Å². The first-order chi connectivity index (χ1) is 7.72. The van der Waals surface area contributed by atoms with Crippen molar-refractivity contribution in [2.24, 2.45) is 11.8 Å². The summed E-state index contributed by atoms with van der Waals surface area (Å²) < 4.78 is 0. The summed E-state index contributed by atoms with van der Waals surface area (Å²) >= 11 is 0. The Kier molecular flexibility index (Phi) is 3.39. The molecule has 16 heavy (non-hydrogen) atoms. The maximum absolute atomic E-state index is 12.2. The monoisotopic (exact) mass is 218 g/mol. The predicted molar refractivity (Wildman–Crippen MR) is 63.5 cm³/mol. The molecule has 0 heterocycles. The van der Waals surface area contributed by atoms with Gasteiger partial charge in [0.2, 0.25) is 0 Å². The second-order valence-electron chi connectivity index (χ2n) is 4.78. The van der Waals surface area contributed by atoms with Crippen molar-refractivity contribution in [3.8, 4) is 0 Å². The second-order valence-corrected chi connectivity index (χ2v) is 4.78. The van der Waals surface area contributed by atoms with E-state index in [0.717, 1.165) is 24.8 Å². The van der Waals surface area contributed by atoms with Gasteiger partial charge in [-0.05, 0) is 30.7 Å². The molecule has 0 saturated carbocycles. The van der Waals surface area contributed by atoms with Crippen LogP contribution >= 0.6 is 0 Å². The van der Waals surface area contributed by atoms with Crippen molar-refractivity contribution >= 4 is 5.78 Å². The van der Waals surface area contributed by atoms with Crippen molar-refractivity contribution in [1.29, 1.82) is 0 Å². The van der Waals surface area contributed by atoms with Gasteiger partial charge >= 0.3 is 0 Å². The number of hydrogen-bond donors (Lipinski definition) is 1. The van der Waals surface area contributed by atoms with Gasteiger partial charge in [0.1, 0.15) is 0 Å². The number of carbonyl (C=O) groups excluding carboxylic acids is 1. The molecule has 0 aliphatic heterocycles. The zero-order valence-corrected chi connectivity index (χ0v) is 9.65. The normalized spacial score (nSPS) is 21.6. The van der Waals surface area contributed by atoms with Crippen molar-refractivity contribution in [2.75, 3.05) is 6.61 Å². The van der Waals surface area contributed by atoms with Crippen LogP contribution in [-0.4, -0.2) is 17.5 Å². The smallest absolute Gasteiger partial charge is 0.166 e. The lowest BCUT2D eigenvalue weighted by atomic mass is 9.79. The van der Waals surface area contributed by atoms with Gasteiger partial charge in [-0.1, -0.05) is 31.2 Å². The first kappa shape index (κ1) is 11.3. The molecule has 2 atom stereocenters. The van der Waals surface area contributed by atoms with Crippen LogP contribution in [0, 0.1) is 11.8 Å². The van der Waals surface area contributed by atoms with Gasteiger partial charge in [-0.2, -0.15) is 0 Å². The van der Waals surface area contributed by atoms with Crippen molar-refractivity contribution < 1.29 is 9.90 Å². The first-order valence-corrected chi connectivity index (χ1v) is 5.95. The Labute approximate surface area is 96.3 Å². The lowest BCUT2D eigenvalue weighted by molar-refractivity contribution is 0.0868. The average Bonchev–Trinajstić information content (AvgIpc) is 2.33. The maximum Gasteiger partial charge on any atom is 0.166 e. The van der Waals surface area contributed by atoms with Gasteiger partial charge in [-0.25, -0.2) is 0 Å². The van der Waals surface area contributed by atoms with Crippen LogP contribution in [0.1, 0.15) is 35.7 Å². The Morgan fingerprint density at radius 3 is 2.94 bits per heavy atom. The Bertz CT molecular complexity index is 384. The SMILES string of the molecule is CC(CO)CC1CCc2ccccc2C1=O. The zero-order valence-electron chi connectivity index (χ0n) is 9.65. The minimum Gasteiger partial charge on any atom is -0.396 e. The van der Waals surface area contributed by atoms with E-state index < -0.39 is 0 Å². The minimum atomic E-state index is 0.108. The molecule has 1 N–H and O–H groups in total. The van der Waals surface area contributed by atoms with Crippen LogP contribution < -0.4 is 0 Å². The van der Waals surface area contributed by atoms with Gasteiger partial charge in [0.15, 0.2) is 5.78 Å². The van der Waals surface area contributed by atoms with E-state index in [0.29, 0.717) is 0 Å². The van der Waals surface area contributed by atoms with Crippen molar-refractivity contribution in [2.45, 2.75) is 26.2 Å². The van der Waals surface area contributed by atoms with Crippen LogP contribution in [0.2, 0.25) is 0 Å². The number of aryl methyl sites for hydroxylation is 1. The van der Waals surface area contributed by atoms with E-state index in [1.807, 2.05) is 31.2 Å². The van der Waals surface area contributed by atoms with E-state index in [4.69, 9.17) is 5.11 Å². The van der Waals surface area contributed by atoms with E-state index in [-0.39, 0.29) is 24.2 Å². The van der Waals surface area contributed by atoms with E-state index in [9.17, 15) is 4.79 Å². The molecular weight excluding hydrogens is 200 g/mol. The summed E-state index contributed by atoms with van der Waals surface area (Å²) in [5.74, 6) is 0.596. The fraction of sp³-hybridized carbons (Fsp3) is 0.500. The molecule has 86 valence electrons. The molecule has 0 aromatic heterocycles. The molecule has 2 heteroatoms. The van der Waals surface area contributed by atoms with Gasteiger partial charge in [-0.3, -0.25) is 4.79 Å². The largest absolute Gasteiger partial charge is 0.396 e. The fourth-order valence-electron chi connectivity index (χ4n) is 2.44. The molecular formula is C14H18O2. The number of benzene rings is 1. The van der Waals surface area contributed by atoms with Gasteiger partial charge < -0.3 is 5.11 Å².